The second-order valence-corrected chi connectivity index (χ2v) is 5.83. The van der Waals surface area contributed by atoms with E-state index in [4.69, 9.17) is 0 Å². The summed E-state index contributed by atoms with van der Waals surface area (Å²) >= 11 is 0. The first-order chi connectivity index (χ1) is 12.8. The van der Waals surface area contributed by atoms with Crippen LogP contribution in [0.2, 0.25) is 0 Å². The molecule has 0 aliphatic heterocycles. The zero-order valence-electron chi connectivity index (χ0n) is 14.3. The standard InChI is InChI=1S/C19H16F4N4/c1-12-25-17(24-11-13-5-2-3-8-16(13)20)10-18(26-12)27-15-7-4-6-14(9-15)19(21,22)23/h2-10H,11H2,1H3,(H2,24,25,26,27). The van der Waals surface area contributed by atoms with E-state index >= 15 is 0 Å². The average molecular weight is 376 g/mol. The smallest absolute Gasteiger partial charge is 0.366 e. The minimum absolute atomic E-state index is 0.214. The van der Waals surface area contributed by atoms with Gasteiger partial charge in [-0.2, -0.15) is 13.2 Å². The highest BCUT2D eigenvalue weighted by Gasteiger charge is 2.30. The van der Waals surface area contributed by atoms with Crippen LogP contribution < -0.4 is 10.6 Å². The molecule has 3 aromatic rings. The van der Waals surface area contributed by atoms with Crippen molar-refractivity contribution in [2.75, 3.05) is 10.6 Å². The van der Waals surface area contributed by atoms with Crippen LogP contribution in [-0.4, -0.2) is 9.97 Å². The molecule has 3 rings (SSSR count). The summed E-state index contributed by atoms with van der Waals surface area (Å²) < 4.78 is 52.2. The van der Waals surface area contributed by atoms with Crippen molar-refractivity contribution in [3.05, 3.63) is 77.4 Å². The third kappa shape index (κ3) is 4.93. The number of benzene rings is 2. The molecule has 2 N–H and O–H groups in total. The lowest BCUT2D eigenvalue weighted by Crippen LogP contribution is -2.07. The van der Waals surface area contributed by atoms with Crippen LogP contribution in [0.1, 0.15) is 17.0 Å². The van der Waals surface area contributed by atoms with E-state index in [-0.39, 0.29) is 18.0 Å². The second kappa shape index (κ2) is 7.61. The summed E-state index contributed by atoms with van der Waals surface area (Å²) in [7, 11) is 0. The fraction of sp³-hybridized carbons (Fsp3) is 0.158. The van der Waals surface area contributed by atoms with Crippen molar-refractivity contribution in [3.63, 3.8) is 0 Å². The molecule has 1 heterocycles. The van der Waals surface area contributed by atoms with Crippen molar-refractivity contribution in [1.29, 1.82) is 0 Å². The van der Waals surface area contributed by atoms with Gasteiger partial charge in [0.1, 0.15) is 23.3 Å². The van der Waals surface area contributed by atoms with Crippen molar-refractivity contribution in [2.24, 2.45) is 0 Å². The molecule has 0 radical (unpaired) electrons. The van der Waals surface area contributed by atoms with E-state index in [1.165, 1.54) is 18.2 Å². The van der Waals surface area contributed by atoms with Gasteiger partial charge in [0.25, 0.3) is 0 Å². The number of nitrogens with zero attached hydrogens (tertiary/aromatic N) is 2. The first-order valence-electron chi connectivity index (χ1n) is 8.08. The Bertz CT molecular complexity index is 941. The zero-order chi connectivity index (χ0) is 19.4. The Morgan fingerprint density at radius 3 is 2.41 bits per heavy atom. The van der Waals surface area contributed by atoms with E-state index in [0.717, 1.165) is 12.1 Å². The Labute approximate surface area is 153 Å². The number of aromatic nitrogens is 2. The van der Waals surface area contributed by atoms with Crippen LogP contribution in [0.5, 0.6) is 0 Å². The first-order valence-corrected chi connectivity index (χ1v) is 8.08. The summed E-state index contributed by atoms with van der Waals surface area (Å²) in [6.45, 7) is 1.87. The quantitative estimate of drug-likeness (QED) is 0.594. The summed E-state index contributed by atoms with van der Waals surface area (Å²) in [5.41, 5.74) is -0.0275. The molecule has 2 aromatic carbocycles. The molecule has 0 saturated carbocycles. The van der Waals surface area contributed by atoms with Crippen LogP contribution in [-0.2, 0) is 12.7 Å². The maximum Gasteiger partial charge on any atom is 0.416 e. The van der Waals surface area contributed by atoms with Gasteiger partial charge >= 0.3 is 6.18 Å². The number of alkyl halides is 3. The van der Waals surface area contributed by atoms with Crippen molar-refractivity contribution in [3.8, 4) is 0 Å². The van der Waals surface area contributed by atoms with Crippen LogP contribution in [0.25, 0.3) is 0 Å². The molecule has 0 atom stereocenters. The van der Waals surface area contributed by atoms with Crippen LogP contribution in [0.4, 0.5) is 34.9 Å². The Balaban J connectivity index is 1.77. The van der Waals surface area contributed by atoms with E-state index in [2.05, 4.69) is 20.6 Å². The Hall–Kier alpha value is -3.16. The SMILES string of the molecule is Cc1nc(NCc2ccccc2F)cc(Nc2cccc(C(F)(F)F)c2)n1. The molecule has 0 spiro atoms. The predicted molar refractivity (Wildman–Crippen MR) is 95.2 cm³/mol. The fourth-order valence-electron chi connectivity index (χ4n) is 2.47. The minimum atomic E-state index is -4.42. The molecule has 1 aromatic heterocycles. The monoisotopic (exact) mass is 376 g/mol. The highest BCUT2D eigenvalue weighted by atomic mass is 19.4. The molecule has 0 amide bonds. The number of hydrogen-bond donors (Lipinski definition) is 2. The molecular weight excluding hydrogens is 360 g/mol. The van der Waals surface area contributed by atoms with Crippen LogP contribution >= 0.6 is 0 Å². The summed E-state index contributed by atoms with van der Waals surface area (Å²) in [5.74, 6) is 0.846. The highest BCUT2D eigenvalue weighted by molar-refractivity contribution is 5.60. The van der Waals surface area contributed by atoms with E-state index in [9.17, 15) is 17.6 Å². The van der Waals surface area contributed by atoms with Gasteiger partial charge < -0.3 is 10.6 Å². The van der Waals surface area contributed by atoms with Crippen molar-refractivity contribution in [2.45, 2.75) is 19.6 Å². The Morgan fingerprint density at radius 2 is 1.67 bits per heavy atom. The number of halogens is 4. The maximum absolute atomic E-state index is 13.7. The average Bonchev–Trinajstić information content (AvgIpc) is 2.60. The molecule has 4 nitrogen and oxygen atoms in total. The van der Waals surface area contributed by atoms with Gasteiger partial charge in [-0.1, -0.05) is 24.3 Å². The van der Waals surface area contributed by atoms with Crippen LogP contribution in [0.3, 0.4) is 0 Å². The van der Waals surface area contributed by atoms with Gasteiger partial charge in [-0.25, -0.2) is 14.4 Å². The maximum atomic E-state index is 13.7. The number of nitrogens with one attached hydrogen (secondary N) is 2. The molecule has 0 aliphatic carbocycles. The largest absolute Gasteiger partial charge is 0.416 e. The fourth-order valence-corrected chi connectivity index (χ4v) is 2.47. The van der Waals surface area contributed by atoms with Crippen molar-refractivity contribution < 1.29 is 17.6 Å². The zero-order valence-corrected chi connectivity index (χ0v) is 14.3. The van der Waals surface area contributed by atoms with Crippen LogP contribution in [0, 0.1) is 12.7 Å². The van der Waals surface area contributed by atoms with Gasteiger partial charge in [-0.3, -0.25) is 0 Å². The molecule has 0 fully saturated rings. The van der Waals surface area contributed by atoms with Crippen molar-refractivity contribution >= 4 is 17.3 Å². The summed E-state index contributed by atoms with van der Waals surface area (Å²) in [5, 5.41) is 5.84. The molecule has 0 saturated heterocycles. The topological polar surface area (TPSA) is 49.8 Å². The first kappa shape index (κ1) is 18.6. The van der Waals surface area contributed by atoms with E-state index < -0.39 is 11.7 Å². The molecule has 27 heavy (non-hydrogen) atoms. The van der Waals surface area contributed by atoms with E-state index in [1.807, 2.05) is 0 Å². The summed E-state index contributed by atoms with van der Waals surface area (Å²) in [6, 6.07) is 12.7. The number of anilines is 3. The number of rotatable bonds is 5. The van der Waals surface area contributed by atoms with Gasteiger partial charge in [0.15, 0.2) is 0 Å². The molecule has 0 aliphatic rings. The van der Waals surface area contributed by atoms with Crippen LogP contribution in [0.15, 0.2) is 54.6 Å². The molecule has 8 heteroatoms. The lowest BCUT2D eigenvalue weighted by atomic mass is 10.2. The predicted octanol–water partition coefficient (Wildman–Crippen LogP) is 5.30. The number of hydrogen-bond acceptors (Lipinski definition) is 4. The van der Waals surface area contributed by atoms with Gasteiger partial charge in [0.2, 0.25) is 0 Å². The van der Waals surface area contributed by atoms with Gasteiger partial charge in [0.05, 0.1) is 5.56 Å². The highest BCUT2D eigenvalue weighted by Crippen LogP contribution is 2.31. The minimum Gasteiger partial charge on any atom is -0.366 e. The lowest BCUT2D eigenvalue weighted by Gasteiger charge is -2.12. The molecule has 0 unspecified atom stereocenters. The molecule has 0 bridgehead atoms. The van der Waals surface area contributed by atoms with E-state index in [0.29, 0.717) is 23.0 Å². The Kier molecular flexibility index (Phi) is 5.25. The lowest BCUT2D eigenvalue weighted by molar-refractivity contribution is -0.137. The summed E-state index contributed by atoms with van der Waals surface area (Å²) in [6.07, 6.45) is -4.42. The normalized spacial score (nSPS) is 11.3. The van der Waals surface area contributed by atoms with Crippen molar-refractivity contribution in [1.82, 2.24) is 9.97 Å². The van der Waals surface area contributed by atoms with Gasteiger partial charge in [0, 0.05) is 23.9 Å². The molecular formula is C19H16F4N4. The van der Waals surface area contributed by atoms with E-state index in [1.54, 1.807) is 31.2 Å². The number of aryl methyl sites for hydroxylation is 1. The molecule has 140 valence electrons. The second-order valence-electron chi connectivity index (χ2n) is 5.83. The summed E-state index contributed by atoms with van der Waals surface area (Å²) in [4.78, 5) is 8.39. The Morgan fingerprint density at radius 1 is 0.926 bits per heavy atom. The third-order valence-electron chi connectivity index (χ3n) is 3.72. The third-order valence-corrected chi connectivity index (χ3v) is 3.72. The van der Waals surface area contributed by atoms with Gasteiger partial charge in [-0.05, 0) is 31.2 Å². The van der Waals surface area contributed by atoms with Gasteiger partial charge in [-0.15, -0.1) is 0 Å².